The van der Waals surface area contributed by atoms with Crippen molar-refractivity contribution < 1.29 is 17.9 Å². The van der Waals surface area contributed by atoms with Crippen molar-refractivity contribution in [2.45, 2.75) is 18.8 Å². The van der Waals surface area contributed by atoms with Crippen LogP contribution in [0.1, 0.15) is 22.6 Å². The van der Waals surface area contributed by atoms with Crippen LogP contribution < -0.4 is 4.74 Å². The molecule has 5 heteroatoms. The zero-order valence-electron chi connectivity index (χ0n) is 13.6. The second-order valence-corrected chi connectivity index (χ2v) is 6.71. The van der Waals surface area contributed by atoms with Crippen LogP contribution in [0, 0.1) is 5.92 Å². The molecule has 0 amide bonds. The van der Waals surface area contributed by atoms with Crippen molar-refractivity contribution in [1.29, 1.82) is 0 Å². The second-order valence-electron chi connectivity index (χ2n) is 6.71. The molecule has 0 spiro atoms. The molecule has 0 saturated carbocycles. The van der Waals surface area contributed by atoms with E-state index in [1.54, 1.807) is 6.07 Å². The van der Waals surface area contributed by atoms with Crippen molar-refractivity contribution in [2.24, 2.45) is 5.92 Å². The van der Waals surface area contributed by atoms with Gasteiger partial charge in [-0.1, -0.05) is 43.0 Å². The zero-order chi connectivity index (χ0) is 17.6. The standard InChI is InChI=1S/C20H18F3NO/c1-13-16-8-7-15(25-20(21,22)23)9-17(16)19-12-24(11-18(13)19)10-14-5-3-2-4-6-14/h2-9,18-19H,1,10-12H2. The van der Waals surface area contributed by atoms with E-state index >= 15 is 0 Å². The van der Waals surface area contributed by atoms with Gasteiger partial charge in [0.05, 0.1) is 0 Å². The summed E-state index contributed by atoms with van der Waals surface area (Å²) >= 11 is 0. The first-order valence-corrected chi connectivity index (χ1v) is 8.26. The molecule has 2 aromatic rings. The van der Waals surface area contributed by atoms with Crippen molar-refractivity contribution in [3.8, 4) is 5.75 Å². The van der Waals surface area contributed by atoms with Gasteiger partial charge in [-0.25, -0.2) is 0 Å². The molecule has 2 nitrogen and oxygen atoms in total. The fourth-order valence-corrected chi connectivity index (χ4v) is 4.06. The lowest BCUT2D eigenvalue weighted by Crippen LogP contribution is -2.21. The van der Waals surface area contributed by atoms with Gasteiger partial charge < -0.3 is 4.74 Å². The summed E-state index contributed by atoms with van der Waals surface area (Å²) in [6, 6.07) is 14.8. The zero-order valence-corrected chi connectivity index (χ0v) is 13.6. The molecule has 1 aliphatic heterocycles. The summed E-state index contributed by atoms with van der Waals surface area (Å²) in [6.45, 7) is 6.73. The first-order valence-electron chi connectivity index (χ1n) is 8.26. The maximum Gasteiger partial charge on any atom is 0.573 e. The molecule has 130 valence electrons. The first-order chi connectivity index (χ1) is 11.9. The Hall–Kier alpha value is -2.27. The van der Waals surface area contributed by atoms with Crippen molar-refractivity contribution in [3.63, 3.8) is 0 Å². The second kappa shape index (κ2) is 5.92. The van der Waals surface area contributed by atoms with Gasteiger partial charge >= 0.3 is 6.36 Å². The molecule has 1 heterocycles. The van der Waals surface area contributed by atoms with E-state index in [4.69, 9.17) is 0 Å². The number of alkyl halides is 3. The van der Waals surface area contributed by atoms with Crippen LogP contribution in [0.4, 0.5) is 13.2 Å². The van der Waals surface area contributed by atoms with Crippen LogP contribution in [0.3, 0.4) is 0 Å². The lowest BCUT2D eigenvalue weighted by Gasteiger charge is -2.18. The Kier molecular flexibility index (Phi) is 3.84. The van der Waals surface area contributed by atoms with E-state index in [0.29, 0.717) is 0 Å². The molecule has 2 unspecified atom stereocenters. The maximum absolute atomic E-state index is 12.5. The number of nitrogens with zero attached hydrogens (tertiary/aromatic N) is 1. The number of fused-ring (bicyclic) bond motifs is 3. The summed E-state index contributed by atoms with van der Waals surface area (Å²) in [6.07, 6.45) is -4.67. The number of halogens is 3. The summed E-state index contributed by atoms with van der Waals surface area (Å²) in [5.74, 6) is 0.295. The van der Waals surface area contributed by atoms with Gasteiger partial charge in [0.15, 0.2) is 0 Å². The van der Waals surface area contributed by atoms with Crippen molar-refractivity contribution in [2.75, 3.05) is 13.1 Å². The Morgan fingerprint density at radius 1 is 1.04 bits per heavy atom. The van der Waals surface area contributed by atoms with Crippen LogP contribution in [0.15, 0.2) is 55.1 Å². The molecular weight excluding hydrogens is 327 g/mol. The third kappa shape index (κ3) is 3.16. The summed E-state index contributed by atoms with van der Waals surface area (Å²) in [5, 5.41) is 0. The van der Waals surface area contributed by atoms with Crippen LogP contribution >= 0.6 is 0 Å². The number of ether oxygens (including phenoxy) is 1. The summed E-state index contributed by atoms with van der Waals surface area (Å²) < 4.78 is 41.6. The maximum atomic E-state index is 12.5. The Balaban J connectivity index is 1.55. The quantitative estimate of drug-likeness (QED) is 0.790. The SMILES string of the molecule is C=C1c2ccc(OC(F)(F)F)cc2C2CN(Cc3ccccc3)CC12. The van der Waals surface area contributed by atoms with Crippen LogP contribution in [0.5, 0.6) is 5.75 Å². The lowest BCUT2D eigenvalue weighted by molar-refractivity contribution is -0.274. The minimum atomic E-state index is -4.67. The normalized spacial score (nSPS) is 22.8. The molecule has 1 aliphatic carbocycles. The van der Waals surface area contributed by atoms with Crippen molar-refractivity contribution in [1.82, 2.24) is 4.90 Å². The van der Waals surface area contributed by atoms with E-state index in [2.05, 4.69) is 28.3 Å². The van der Waals surface area contributed by atoms with Crippen LogP contribution in [0.25, 0.3) is 5.57 Å². The highest BCUT2D eigenvalue weighted by Gasteiger charge is 2.42. The molecule has 0 bridgehead atoms. The van der Waals surface area contributed by atoms with Gasteiger partial charge in [0.1, 0.15) is 5.75 Å². The molecule has 4 rings (SSSR count). The Morgan fingerprint density at radius 2 is 1.76 bits per heavy atom. The number of hydrogen-bond donors (Lipinski definition) is 0. The molecule has 1 saturated heterocycles. The largest absolute Gasteiger partial charge is 0.573 e. The third-order valence-electron chi connectivity index (χ3n) is 5.09. The van der Waals surface area contributed by atoms with E-state index in [1.165, 1.54) is 17.7 Å². The average molecular weight is 345 g/mol. The van der Waals surface area contributed by atoms with Gasteiger partial charge in [0.25, 0.3) is 0 Å². The number of benzene rings is 2. The van der Waals surface area contributed by atoms with Gasteiger partial charge in [0.2, 0.25) is 0 Å². The molecule has 1 fully saturated rings. The predicted molar refractivity (Wildman–Crippen MR) is 90.1 cm³/mol. The third-order valence-corrected chi connectivity index (χ3v) is 5.09. The molecule has 0 radical (unpaired) electrons. The fourth-order valence-electron chi connectivity index (χ4n) is 4.06. The van der Waals surface area contributed by atoms with Crippen molar-refractivity contribution >= 4 is 5.57 Å². The number of hydrogen-bond acceptors (Lipinski definition) is 2. The Morgan fingerprint density at radius 3 is 2.48 bits per heavy atom. The minimum absolute atomic E-state index is 0.152. The highest BCUT2D eigenvalue weighted by atomic mass is 19.4. The number of likely N-dealkylation sites (tertiary alicyclic amines) is 1. The molecule has 2 aliphatic rings. The van der Waals surface area contributed by atoms with Gasteiger partial charge in [-0.05, 0) is 34.4 Å². The van der Waals surface area contributed by atoms with Gasteiger partial charge in [0, 0.05) is 31.5 Å². The van der Waals surface area contributed by atoms with Gasteiger partial charge in [-0.15, -0.1) is 13.2 Å². The molecular formula is C20H18F3NO. The molecule has 2 atom stereocenters. The highest BCUT2D eigenvalue weighted by Crippen LogP contribution is 2.50. The highest BCUT2D eigenvalue weighted by molar-refractivity contribution is 5.76. The summed E-state index contributed by atoms with van der Waals surface area (Å²) in [4.78, 5) is 2.34. The summed E-state index contributed by atoms with van der Waals surface area (Å²) in [5.41, 5.74) is 4.16. The molecule has 2 aromatic carbocycles. The van der Waals surface area contributed by atoms with Crippen molar-refractivity contribution in [3.05, 3.63) is 71.8 Å². The van der Waals surface area contributed by atoms with E-state index in [1.807, 2.05) is 18.2 Å². The topological polar surface area (TPSA) is 12.5 Å². The van der Waals surface area contributed by atoms with E-state index in [0.717, 1.165) is 36.3 Å². The van der Waals surface area contributed by atoms with Gasteiger partial charge in [-0.3, -0.25) is 4.90 Å². The van der Waals surface area contributed by atoms with Crippen LogP contribution in [-0.2, 0) is 6.54 Å². The fraction of sp³-hybridized carbons (Fsp3) is 0.300. The molecule has 0 N–H and O–H groups in total. The van der Waals surface area contributed by atoms with E-state index in [9.17, 15) is 13.2 Å². The smallest absolute Gasteiger partial charge is 0.406 e. The Labute approximate surface area is 144 Å². The van der Waals surface area contributed by atoms with E-state index < -0.39 is 6.36 Å². The minimum Gasteiger partial charge on any atom is -0.406 e. The van der Waals surface area contributed by atoms with Gasteiger partial charge in [-0.2, -0.15) is 0 Å². The monoisotopic (exact) mass is 345 g/mol. The van der Waals surface area contributed by atoms with Crippen LogP contribution in [-0.4, -0.2) is 24.4 Å². The number of rotatable bonds is 3. The summed E-state index contributed by atoms with van der Waals surface area (Å²) in [7, 11) is 0. The molecule has 0 aromatic heterocycles. The molecule has 25 heavy (non-hydrogen) atoms. The average Bonchev–Trinajstić information content (AvgIpc) is 3.06. The lowest BCUT2D eigenvalue weighted by atomic mass is 9.95. The van der Waals surface area contributed by atoms with Crippen LogP contribution in [0.2, 0.25) is 0 Å². The Bertz CT molecular complexity index is 800. The van der Waals surface area contributed by atoms with E-state index in [-0.39, 0.29) is 17.6 Å². The predicted octanol–water partition coefficient (Wildman–Crippen LogP) is 4.83. The first kappa shape index (κ1) is 16.2.